The summed E-state index contributed by atoms with van der Waals surface area (Å²) < 4.78 is 96.1. The molecular formula is C80H95Br3F6N10O6. The zero-order valence-electron chi connectivity index (χ0n) is 61.1. The van der Waals surface area contributed by atoms with Crippen molar-refractivity contribution in [1.29, 1.82) is 10.5 Å². The van der Waals surface area contributed by atoms with E-state index in [9.17, 15) is 51.2 Å². The van der Waals surface area contributed by atoms with Crippen molar-refractivity contribution >= 4 is 83.2 Å². The number of hydrogen-bond acceptors (Lipinski definition) is 16. The molecule has 3 unspecified atom stereocenters. The number of aliphatic imine (C=N–C) groups is 3. The van der Waals surface area contributed by atoms with Crippen molar-refractivity contribution in [1.82, 2.24) is 20.4 Å². The SMILES string of the molecule is BrCCCCBr.COC(=O)C1=C(C)N=C(C)N(CCCCBr)C1c1ccc(F)c(F)c1.COC(=O)C1=C(C)N=C(C)N(CCCCNC2CCC(C#N)(c3ccccc3)CC2)C1c1ccc(F)c(F)c1.COC(=O)C1=C(C)NC(C)=NC1c1ccc(F)c(F)c1.N#CC1(c2ccccc2)CCC(N)CC1. The van der Waals surface area contributed by atoms with Crippen molar-refractivity contribution < 1.29 is 54.9 Å². The van der Waals surface area contributed by atoms with Crippen LogP contribution in [0.2, 0.25) is 0 Å². The average Bonchev–Trinajstić information content (AvgIpc) is 0.781. The number of nitriles is 2. The molecule has 0 bridgehead atoms. The number of allylic oxidation sites excluding steroid dienone is 3. The fourth-order valence-corrected chi connectivity index (χ4v) is 14.7. The highest BCUT2D eigenvalue weighted by atomic mass is 79.9. The van der Waals surface area contributed by atoms with Gasteiger partial charge in [-0.1, -0.05) is 127 Å². The molecule has 25 heteroatoms. The molecule has 5 aliphatic rings. The molecule has 3 atom stereocenters. The fourth-order valence-electron chi connectivity index (χ4n) is 13.5. The van der Waals surface area contributed by atoms with Crippen LogP contribution in [0.1, 0.15) is 177 Å². The number of rotatable bonds is 21. The van der Waals surface area contributed by atoms with Gasteiger partial charge in [0.05, 0.1) is 90.3 Å². The number of nitrogens with one attached hydrogen (secondary N) is 2. The molecule has 0 saturated heterocycles. The predicted molar refractivity (Wildman–Crippen MR) is 411 cm³/mol. The van der Waals surface area contributed by atoms with Gasteiger partial charge >= 0.3 is 17.9 Å². The second-order valence-corrected chi connectivity index (χ2v) is 28.5. The third-order valence-electron chi connectivity index (χ3n) is 19.2. The molecule has 16 nitrogen and oxygen atoms in total. The van der Waals surface area contributed by atoms with Crippen molar-refractivity contribution in [3.8, 4) is 12.1 Å². The van der Waals surface area contributed by atoms with Crippen molar-refractivity contribution in [2.24, 2.45) is 20.7 Å². The van der Waals surface area contributed by atoms with Gasteiger partial charge in [0.1, 0.15) is 17.7 Å². The van der Waals surface area contributed by atoms with Gasteiger partial charge in [-0.05, 0) is 202 Å². The van der Waals surface area contributed by atoms with Crippen LogP contribution < -0.4 is 16.4 Å². The highest BCUT2D eigenvalue weighted by molar-refractivity contribution is 9.09. The number of amidine groups is 3. The lowest BCUT2D eigenvalue weighted by molar-refractivity contribution is -0.137. The van der Waals surface area contributed by atoms with Crippen molar-refractivity contribution in [3.63, 3.8) is 0 Å². The molecule has 2 aliphatic carbocycles. The van der Waals surface area contributed by atoms with Gasteiger partial charge in [-0.25, -0.2) is 50.7 Å². The maximum atomic E-state index is 14.2. The van der Waals surface area contributed by atoms with Crippen LogP contribution in [0.25, 0.3) is 0 Å². The number of nitrogens with zero attached hydrogens (tertiary/aromatic N) is 7. The standard InChI is InChI=1S/C31H36F2N4O2.C18H21BrF2N2O2.C14H14F2N2O2.C13H16N2.C4H8Br2/c1-21-28(30(38)39-3)29(23-11-12-26(32)27(33)19-23)37(22(2)36-21)18-8-7-17-35-25-13-15-31(20-34,16-14-25)24-9-5-4-6-10-24;1-11-16(18(24)25-3)17(13-6-7-14(20)15(21)10-13)23(12(2)22-11)9-5-4-8-19;1-7-12(14(19)20-3)13(18-8(2)17-7)9-4-5-10(15)11(16)6-9;14-10-13(8-6-12(15)7-9-13)11-4-2-1-3-5-11;5-3-1-2-4-6/h4-6,9-12,19,25,29,35H,7-8,13-18H2,1-3H3;6-7,10,17H,4-5,8-9H2,1-3H3;4-6,13H,1-3H3,(H,17,18);1-5,12H,6-9,15H2;1-4H2. The Balaban J connectivity index is 0.000000226. The largest absolute Gasteiger partial charge is 0.466 e. The molecule has 5 aromatic rings. The molecule has 4 N–H and O–H groups in total. The first-order chi connectivity index (χ1) is 50.3. The highest BCUT2D eigenvalue weighted by Gasteiger charge is 2.40. The Morgan fingerprint density at radius 2 is 0.905 bits per heavy atom. The molecule has 10 rings (SSSR count). The normalized spacial score (nSPS) is 21.3. The summed E-state index contributed by atoms with van der Waals surface area (Å²) in [6, 6.07) is 34.9. The van der Waals surface area contributed by atoms with E-state index < -0.39 is 76.4 Å². The summed E-state index contributed by atoms with van der Waals surface area (Å²) in [5.41, 5.74) is 11.4. The number of methoxy groups -OCH3 is 3. The predicted octanol–water partition coefficient (Wildman–Crippen LogP) is 17.7. The number of carbonyl (C=O) groups excluding carboxylic acids is 3. The summed E-state index contributed by atoms with van der Waals surface area (Å²) >= 11 is 10.1. The third kappa shape index (κ3) is 23.3. The lowest BCUT2D eigenvalue weighted by atomic mass is 9.69. The van der Waals surface area contributed by atoms with E-state index in [1.54, 1.807) is 27.7 Å². The monoisotopic (exact) mass is 1640 g/mol. The molecule has 0 amide bonds. The molecule has 3 aliphatic heterocycles. The van der Waals surface area contributed by atoms with Crippen LogP contribution in [-0.2, 0) is 39.4 Å². The number of ether oxygens (including phenoxy) is 3. The lowest BCUT2D eigenvalue weighted by Gasteiger charge is -2.38. The molecule has 0 radical (unpaired) electrons. The Morgan fingerprint density at radius 3 is 1.30 bits per heavy atom. The molecule has 2 fully saturated rings. The van der Waals surface area contributed by atoms with Gasteiger partial charge in [0, 0.05) is 46.9 Å². The van der Waals surface area contributed by atoms with Crippen LogP contribution in [0.4, 0.5) is 26.3 Å². The zero-order chi connectivity index (χ0) is 77.0. The minimum Gasteiger partial charge on any atom is -0.466 e. The van der Waals surface area contributed by atoms with Gasteiger partial charge in [0.15, 0.2) is 34.9 Å². The van der Waals surface area contributed by atoms with Crippen molar-refractivity contribution in [2.45, 2.75) is 172 Å². The summed E-state index contributed by atoms with van der Waals surface area (Å²) in [6.45, 7) is 12.6. The van der Waals surface area contributed by atoms with Gasteiger partial charge in [0.25, 0.3) is 0 Å². The van der Waals surface area contributed by atoms with Gasteiger partial charge in [-0.2, -0.15) is 10.5 Å². The number of esters is 3. The molecule has 564 valence electrons. The maximum Gasteiger partial charge on any atom is 0.338 e. The first-order valence-electron chi connectivity index (χ1n) is 35.1. The number of halogens is 9. The molecular weight excluding hydrogens is 1550 g/mol. The summed E-state index contributed by atoms with van der Waals surface area (Å²) in [5.74, 6) is -5.25. The fraction of sp³-hybridized carbons (Fsp3) is 0.450. The Bertz CT molecular complexity index is 4030. The molecule has 5 aromatic carbocycles. The quantitative estimate of drug-likeness (QED) is 0.0205. The summed E-state index contributed by atoms with van der Waals surface area (Å²) in [4.78, 5) is 54.1. The number of hydrogen-bond donors (Lipinski definition) is 3. The average molecular weight is 1650 g/mol. The second kappa shape index (κ2) is 42.4. The van der Waals surface area contributed by atoms with Crippen LogP contribution in [-0.4, -0.2) is 114 Å². The first kappa shape index (κ1) is 86.0. The van der Waals surface area contributed by atoms with Gasteiger partial charge in [-0.3, -0.25) is 4.99 Å². The summed E-state index contributed by atoms with van der Waals surface area (Å²) in [7, 11) is 3.86. The smallest absolute Gasteiger partial charge is 0.338 e. The molecule has 3 heterocycles. The van der Waals surface area contributed by atoms with E-state index in [2.05, 4.69) is 110 Å². The van der Waals surface area contributed by atoms with E-state index in [-0.39, 0.29) is 17.0 Å². The Labute approximate surface area is 639 Å². The first-order valence-corrected chi connectivity index (χ1v) is 38.5. The van der Waals surface area contributed by atoms with E-state index in [4.69, 9.17) is 19.9 Å². The highest BCUT2D eigenvalue weighted by Crippen LogP contribution is 2.42. The number of nitrogens with two attached hydrogens (primary N) is 1. The third-order valence-corrected chi connectivity index (χ3v) is 20.8. The number of unbranched alkanes of at least 4 members (excludes halogenated alkanes) is 3. The number of alkyl halides is 3. The molecule has 0 aromatic heterocycles. The number of carbonyl (C=O) groups is 3. The van der Waals surface area contributed by atoms with Crippen LogP contribution in [0.15, 0.2) is 164 Å². The maximum absolute atomic E-state index is 14.2. The van der Waals surface area contributed by atoms with Crippen molar-refractivity contribution in [2.75, 3.05) is 57.0 Å². The van der Waals surface area contributed by atoms with Crippen LogP contribution in [0, 0.1) is 57.6 Å². The Morgan fingerprint density at radius 1 is 0.533 bits per heavy atom. The van der Waals surface area contributed by atoms with E-state index in [0.29, 0.717) is 75.7 Å². The lowest BCUT2D eigenvalue weighted by Crippen LogP contribution is -2.41. The molecule has 105 heavy (non-hydrogen) atoms. The van der Waals surface area contributed by atoms with Crippen molar-refractivity contribution in [3.05, 3.63) is 212 Å². The van der Waals surface area contributed by atoms with Crippen LogP contribution >= 0.6 is 47.8 Å². The van der Waals surface area contributed by atoms with E-state index in [1.165, 1.54) is 52.4 Å². The van der Waals surface area contributed by atoms with Crippen LogP contribution in [0.3, 0.4) is 0 Å². The van der Waals surface area contributed by atoms with Crippen LogP contribution in [0.5, 0.6) is 0 Å². The molecule has 2 saturated carbocycles. The Hall–Kier alpha value is -7.94. The second-order valence-electron chi connectivity index (χ2n) is 26.2. The van der Waals surface area contributed by atoms with Gasteiger partial charge < -0.3 is 40.4 Å². The summed E-state index contributed by atoms with van der Waals surface area (Å²) in [6.07, 6.45) is 13.4. The minimum absolute atomic E-state index is 0.281. The summed E-state index contributed by atoms with van der Waals surface area (Å²) in [5, 5.41) is 29.0. The Kier molecular flexibility index (Phi) is 34.7. The van der Waals surface area contributed by atoms with E-state index >= 15 is 0 Å². The van der Waals surface area contributed by atoms with Gasteiger partial charge in [-0.15, -0.1) is 0 Å². The van der Waals surface area contributed by atoms with E-state index in [0.717, 1.165) is 153 Å². The topological polar surface area (TPSA) is 220 Å². The van der Waals surface area contributed by atoms with E-state index in [1.807, 2.05) is 60.0 Å². The van der Waals surface area contributed by atoms with Gasteiger partial charge in [0.2, 0.25) is 0 Å². The minimum atomic E-state index is -0.976. The zero-order valence-corrected chi connectivity index (χ0v) is 65.8. The number of benzene rings is 5. The molecule has 0 spiro atoms.